The predicted molar refractivity (Wildman–Crippen MR) is 106 cm³/mol. The molecule has 162 valence electrons. The van der Waals surface area contributed by atoms with Crippen LogP contribution in [0, 0.1) is 44.0 Å². The number of aromatic nitrogens is 1. The molecule has 0 aliphatic rings. The summed E-state index contributed by atoms with van der Waals surface area (Å²) in [6.07, 6.45) is 0. The Morgan fingerprint density at radius 3 is 2.16 bits per heavy atom. The predicted octanol–water partition coefficient (Wildman–Crippen LogP) is 5.28. The number of aryl methyl sites for hydroxylation is 3. The molecule has 0 aliphatic heterocycles. The van der Waals surface area contributed by atoms with Gasteiger partial charge in [-0.25, -0.2) is 13.8 Å². The Morgan fingerprint density at radius 2 is 1.58 bits per heavy atom. The fourth-order valence-corrected chi connectivity index (χ4v) is 3.04. The lowest BCUT2D eigenvalue weighted by molar-refractivity contribution is 0.234. The monoisotopic (exact) mass is 433 g/mol. The molecule has 0 unspecified atom stereocenters. The molecule has 0 radical (unpaired) electrons. The van der Waals surface area contributed by atoms with Crippen molar-refractivity contribution in [1.29, 1.82) is 0 Å². The van der Waals surface area contributed by atoms with Crippen LogP contribution in [0.15, 0.2) is 41.4 Å². The minimum Gasteiger partial charge on any atom is -0.432 e. The van der Waals surface area contributed by atoms with Crippen molar-refractivity contribution in [2.24, 2.45) is 4.99 Å². The second-order valence-electron chi connectivity index (χ2n) is 6.98. The van der Waals surface area contributed by atoms with Gasteiger partial charge in [-0.3, -0.25) is 15.7 Å². The molecular formula is C22H19F4N3O2. The van der Waals surface area contributed by atoms with Crippen LogP contribution >= 0.6 is 0 Å². The summed E-state index contributed by atoms with van der Waals surface area (Å²) in [5.74, 6) is -8.46. The summed E-state index contributed by atoms with van der Waals surface area (Å²) in [7, 11) is 0. The van der Waals surface area contributed by atoms with Crippen LogP contribution in [-0.2, 0) is 6.54 Å². The first-order valence-electron chi connectivity index (χ1n) is 9.20. The van der Waals surface area contributed by atoms with Gasteiger partial charge >= 0.3 is 0 Å². The maximum atomic E-state index is 14.1. The number of nitrogens with zero attached hydrogens (tertiary/aromatic N) is 2. The van der Waals surface area contributed by atoms with Crippen LogP contribution in [0.4, 0.5) is 17.6 Å². The Balaban J connectivity index is 2.02. The summed E-state index contributed by atoms with van der Waals surface area (Å²) >= 11 is 0. The van der Waals surface area contributed by atoms with E-state index in [0.29, 0.717) is 5.69 Å². The first kappa shape index (κ1) is 22.2. The molecule has 0 atom stereocenters. The minimum absolute atomic E-state index is 0.0287. The Morgan fingerprint density at radius 1 is 0.968 bits per heavy atom. The van der Waals surface area contributed by atoms with E-state index in [-0.39, 0.29) is 24.0 Å². The van der Waals surface area contributed by atoms with Gasteiger partial charge in [0.15, 0.2) is 17.5 Å². The average Bonchev–Trinajstić information content (AvgIpc) is 2.70. The van der Waals surface area contributed by atoms with Crippen molar-refractivity contribution >= 4 is 5.84 Å². The molecule has 0 bridgehead atoms. The molecule has 2 N–H and O–H groups in total. The Bertz CT molecular complexity index is 1120. The van der Waals surface area contributed by atoms with E-state index in [9.17, 15) is 22.8 Å². The van der Waals surface area contributed by atoms with Crippen LogP contribution < -0.4 is 10.2 Å². The highest BCUT2D eigenvalue weighted by molar-refractivity contribution is 6.00. The lowest BCUT2D eigenvalue weighted by Gasteiger charge is -2.14. The van der Waals surface area contributed by atoms with Gasteiger partial charge < -0.3 is 4.74 Å². The molecule has 31 heavy (non-hydrogen) atoms. The molecule has 0 saturated carbocycles. The molecular weight excluding hydrogens is 414 g/mol. The topological polar surface area (TPSA) is 66.7 Å². The lowest BCUT2D eigenvalue weighted by Crippen LogP contribution is -2.22. The summed E-state index contributed by atoms with van der Waals surface area (Å²) in [5, 5.41) is 9.59. The number of ether oxygens (including phenoxy) is 1. The molecule has 5 nitrogen and oxygen atoms in total. The first-order chi connectivity index (χ1) is 14.7. The molecule has 9 heteroatoms. The Hall–Kier alpha value is -3.46. The minimum atomic E-state index is -1.71. The van der Waals surface area contributed by atoms with Gasteiger partial charge in [-0.2, -0.15) is 8.78 Å². The van der Waals surface area contributed by atoms with Crippen molar-refractivity contribution in [3.05, 3.63) is 87.6 Å². The maximum Gasteiger partial charge on any atom is 0.230 e. The van der Waals surface area contributed by atoms with Gasteiger partial charge in [0.2, 0.25) is 23.3 Å². The number of hydroxylamine groups is 1. The first-order valence-corrected chi connectivity index (χ1v) is 9.20. The molecule has 3 aromatic rings. The van der Waals surface area contributed by atoms with Crippen LogP contribution in [-0.4, -0.2) is 16.0 Å². The summed E-state index contributed by atoms with van der Waals surface area (Å²) in [6, 6.07) is 8.88. The molecule has 0 fully saturated rings. The average molecular weight is 433 g/mol. The number of hydrogen-bond donors (Lipinski definition) is 2. The fourth-order valence-electron chi connectivity index (χ4n) is 3.04. The van der Waals surface area contributed by atoms with E-state index in [1.165, 1.54) is 6.07 Å². The van der Waals surface area contributed by atoms with Gasteiger partial charge in [-0.15, -0.1) is 0 Å². The molecule has 1 heterocycles. The molecule has 0 aliphatic carbocycles. The van der Waals surface area contributed by atoms with Crippen LogP contribution in [0.3, 0.4) is 0 Å². The van der Waals surface area contributed by atoms with Crippen molar-refractivity contribution in [2.45, 2.75) is 27.3 Å². The van der Waals surface area contributed by atoms with E-state index in [0.717, 1.165) is 16.7 Å². The van der Waals surface area contributed by atoms with Crippen molar-refractivity contribution in [1.82, 2.24) is 10.5 Å². The zero-order valence-corrected chi connectivity index (χ0v) is 16.9. The molecule has 0 spiro atoms. The zero-order valence-electron chi connectivity index (χ0n) is 16.9. The number of nitrogens with one attached hydrogen (secondary N) is 1. The van der Waals surface area contributed by atoms with Gasteiger partial charge in [0, 0.05) is 11.8 Å². The number of hydrogen-bond acceptors (Lipinski definition) is 4. The Labute approximate surface area is 176 Å². The number of rotatable bonds is 5. The number of amidine groups is 1. The van der Waals surface area contributed by atoms with Crippen LogP contribution in [0.5, 0.6) is 11.6 Å². The van der Waals surface area contributed by atoms with Crippen LogP contribution in [0.2, 0.25) is 0 Å². The van der Waals surface area contributed by atoms with E-state index < -0.39 is 34.9 Å². The molecule has 2 aromatic carbocycles. The highest BCUT2D eigenvalue weighted by Gasteiger charge is 2.24. The summed E-state index contributed by atoms with van der Waals surface area (Å²) in [5.41, 5.74) is 5.25. The van der Waals surface area contributed by atoms with Gasteiger partial charge in [-0.1, -0.05) is 29.3 Å². The SMILES string of the molecule is Cc1cc(C)cc(CN=C(NO)c2ccc(C)nc2Oc2c(F)c(F)cc(F)c2F)c1. The number of halogens is 4. The van der Waals surface area contributed by atoms with E-state index >= 15 is 0 Å². The summed E-state index contributed by atoms with van der Waals surface area (Å²) < 4.78 is 60.3. The Kier molecular flexibility index (Phi) is 6.55. The van der Waals surface area contributed by atoms with Gasteiger partial charge in [0.05, 0.1) is 12.1 Å². The molecule has 1 aromatic heterocycles. The van der Waals surface area contributed by atoms with E-state index in [1.54, 1.807) is 13.0 Å². The lowest BCUT2D eigenvalue weighted by atomic mass is 10.1. The second kappa shape index (κ2) is 9.13. The summed E-state index contributed by atoms with van der Waals surface area (Å²) in [4.78, 5) is 8.31. The standard InChI is InChI=1S/C22H19F4N3O2/c1-11-6-12(2)8-14(7-11)10-27-21(29-30)15-5-4-13(3)28-22(15)31-20-18(25)16(23)9-17(24)19(20)26/h4-9,30H,10H2,1-3H3,(H,27,29). The van der Waals surface area contributed by atoms with Crippen molar-refractivity contribution in [2.75, 3.05) is 0 Å². The zero-order chi connectivity index (χ0) is 22.7. The highest BCUT2D eigenvalue weighted by atomic mass is 19.2. The van der Waals surface area contributed by atoms with E-state index in [4.69, 9.17) is 4.74 Å². The normalized spacial score (nSPS) is 11.5. The third-order valence-electron chi connectivity index (χ3n) is 4.33. The smallest absolute Gasteiger partial charge is 0.230 e. The van der Waals surface area contributed by atoms with Crippen molar-refractivity contribution in [3.8, 4) is 11.6 Å². The van der Waals surface area contributed by atoms with Gasteiger partial charge in [-0.05, 0) is 38.5 Å². The third-order valence-corrected chi connectivity index (χ3v) is 4.33. The quantitative estimate of drug-likeness (QED) is 0.189. The largest absolute Gasteiger partial charge is 0.432 e. The molecule has 3 rings (SSSR count). The maximum absolute atomic E-state index is 14.1. The van der Waals surface area contributed by atoms with E-state index in [1.807, 2.05) is 37.5 Å². The van der Waals surface area contributed by atoms with Crippen molar-refractivity contribution < 1.29 is 27.5 Å². The van der Waals surface area contributed by atoms with Crippen molar-refractivity contribution in [3.63, 3.8) is 0 Å². The van der Waals surface area contributed by atoms with Crippen LogP contribution in [0.25, 0.3) is 0 Å². The van der Waals surface area contributed by atoms with Gasteiger partial charge in [0.1, 0.15) is 0 Å². The third kappa shape index (κ3) is 5.00. The molecule has 0 amide bonds. The fraction of sp³-hybridized carbons (Fsp3) is 0.182. The summed E-state index contributed by atoms with van der Waals surface area (Å²) in [6.45, 7) is 5.61. The highest BCUT2D eigenvalue weighted by Crippen LogP contribution is 2.32. The number of aliphatic imine (C=N–C) groups is 1. The van der Waals surface area contributed by atoms with E-state index in [2.05, 4.69) is 9.98 Å². The second-order valence-corrected chi connectivity index (χ2v) is 6.98. The van der Waals surface area contributed by atoms with Gasteiger partial charge in [0.25, 0.3) is 0 Å². The number of pyridine rings is 1. The number of benzene rings is 2. The van der Waals surface area contributed by atoms with Crippen LogP contribution in [0.1, 0.15) is 27.9 Å². The molecule has 0 saturated heterocycles.